The summed E-state index contributed by atoms with van der Waals surface area (Å²) < 4.78 is 0. The fourth-order valence-electron chi connectivity index (χ4n) is 2.46. The van der Waals surface area contributed by atoms with Crippen molar-refractivity contribution in [2.45, 2.75) is 26.2 Å². The van der Waals surface area contributed by atoms with Gasteiger partial charge in [0.1, 0.15) is 6.42 Å². The van der Waals surface area contributed by atoms with E-state index in [9.17, 15) is 4.79 Å². The number of carbonyl (C=O) groups is 1. The molecule has 0 spiro atoms. The first kappa shape index (κ1) is 13.4. The van der Waals surface area contributed by atoms with E-state index in [2.05, 4.69) is 17.1 Å². The smallest absolute Gasteiger partial charge is 0.238 e. The highest BCUT2D eigenvalue weighted by Crippen LogP contribution is 2.24. The zero-order valence-electron chi connectivity index (χ0n) is 11.2. The van der Waals surface area contributed by atoms with E-state index in [4.69, 9.17) is 5.26 Å². The summed E-state index contributed by atoms with van der Waals surface area (Å²) in [4.78, 5) is 13.7. The molecular formula is C15H19N3O. The lowest BCUT2D eigenvalue weighted by atomic mass is 10.00. The van der Waals surface area contributed by atoms with Crippen LogP contribution < -0.4 is 10.2 Å². The fourth-order valence-corrected chi connectivity index (χ4v) is 2.46. The normalized spacial score (nSPS) is 18.7. The molecule has 0 aliphatic carbocycles. The van der Waals surface area contributed by atoms with Crippen LogP contribution in [0.1, 0.15) is 26.2 Å². The van der Waals surface area contributed by atoms with Gasteiger partial charge in [-0.25, -0.2) is 0 Å². The third kappa shape index (κ3) is 3.72. The number of nitrogens with zero attached hydrogens (tertiary/aromatic N) is 2. The van der Waals surface area contributed by atoms with Gasteiger partial charge in [0.2, 0.25) is 5.91 Å². The molecule has 1 aliphatic rings. The molecule has 1 atom stereocenters. The van der Waals surface area contributed by atoms with E-state index in [0.717, 1.165) is 24.7 Å². The van der Waals surface area contributed by atoms with Crippen molar-refractivity contribution in [3.63, 3.8) is 0 Å². The van der Waals surface area contributed by atoms with E-state index < -0.39 is 0 Å². The molecule has 1 saturated heterocycles. The molecule has 100 valence electrons. The van der Waals surface area contributed by atoms with Crippen molar-refractivity contribution in [1.82, 2.24) is 0 Å². The van der Waals surface area contributed by atoms with Gasteiger partial charge in [-0.3, -0.25) is 4.79 Å². The van der Waals surface area contributed by atoms with Crippen LogP contribution in [-0.2, 0) is 4.79 Å². The number of amides is 1. The van der Waals surface area contributed by atoms with Crippen molar-refractivity contribution in [3.05, 3.63) is 24.3 Å². The minimum absolute atomic E-state index is 0.106. The first-order valence-electron chi connectivity index (χ1n) is 6.71. The summed E-state index contributed by atoms with van der Waals surface area (Å²) in [7, 11) is 0. The van der Waals surface area contributed by atoms with Crippen molar-refractivity contribution in [2.24, 2.45) is 5.92 Å². The number of carbonyl (C=O) groups excluding carboxylic acids is 1. The van der Waals surface area contributed by atoms with E-state index in [-0.39, 0.29) is 12.3 Å². The molecule has 1 aromatic rings. The molecule has 4 nitrogen and oxygen atoms in total. The third-order valence-electron chi connectivity index (χ3n) is 3.41. The number of nitriles is 1. The molecule has 2 rings (SSSR count). The van der Waals surface area contributed by atoms with Gasteiger partial charge in [0.15, 0.2) is 0 Å². The highest BCUT2D eigenvalue weighted by molar-refractivity contribution is 5.92. The van der Waals surface area contributed by atoms with E-state index in [1.807, 2.05) is 30.3 Å². The summed E-state index contributed by atoms with van der Waals surface area (Å²) in [5, 5.41) is 11.1. The van der Waals surface area contributed by atoms with E-state index >= 15 is 0 Å². The third-order valence-corrected chi connectivity index (χ3v) is 3.41. The highest BCUT2D eigenvalue weighted by atomic mass is 16.1. The van der Waals surface area contributed by atoms with Crippen LogP contribution in [0.2, 0.25) is 0 Å². The molecular weight excluding hydrogens is 238 g/mol. The van der Waals surface area contributed by atoms with Crippen molar-refractivity contribution < 1.29 is 4.79 Å². The van der Waals surface area contributed by atoms with Crippen LogP contribution in [0.25, 0.3) is 0 Å². The lowest BCUT2D eigenvalue weighted by molar-refractivity contribution is -0.115. The Hall–Kier alpha value is -2.02. The maximum absolute atomic E-state index is 11.3. The zero-order valence-corrected chi connectivity index (χ0v) is 11.2. The molecule has 1 aromatic carbocycles. The minimum Gasteiger partial charge on any atom is -0.371 e. The van der Waals surface area contributed by atoms with Crippen LogP contribution in [0, 0.1) is 17.2 Å². The van der Waals surface area contributed by atoms with Crippen LogP contribution in [0.4, 0.5) is 11.4 Å². The second-order valence-corrected chi connectivity index (χ2v) is 5.12. The van der Waals surface area contributed by atoms with Crippen LogP contribution in [-0.4, -0.2) is 19.0 Å². The van der Waals surface area contributed by atoms with E-state index in [0.29, 0.717) is 0 Å². The molecule has 4 heteroatoms. The van der Waals surface area contributed by atoms with Crippen molar-refractivity contribution in [2.75, 3.05) is 23.3 Å². The van der Waals surface area contributed by atoms with Crippen molar-refractivity contribution in [3.8, 4) is 6.07 Å². The van der Waals surface area contributed by atoms with Gasteiger partial charge in [0, 0.05) is 24.5 Å². The Morgan fingerprint density at radius 2 is 2.21 bits per heavy atom. The molecule has 1 amide bonds. The number of anilines is 2. The average molecular weight is 257 g/mol. The first-order valence-corrected chi connectivity index (χ1v) is 6.71. The molecule has 0 aromatic heterocycles. The second kappa shape index (κ2) is 6.24. The molecule has 0 saturated carbocycles. The Morgan fingerprint density at radius 3 is 2.84 bits per heavy atom. The number of benzene rings is 1. The van der Waals surface area contributed by atoms with Crippen LogP contribution in [0.5, 0.6) is 0 Å². The molecule has 1 N–H and O–H groups in total. The van der Waals surface area contributed by atoms with Crippen LogP contribution >= 0.6 is 0 Å². The maximum Gasteiger partial charge on any atom is 0.238 e. The van der Waals surface area contributed by atoms with E-state index in [1.54, 1.807) is 0 Å². The maximum atomic E-state index is 11.3. The highest BCUT2D eigenvalue weighted by Gasteiger charge is 2.16. The Balaban J connectivity index is 1.98. The van der Waals surface area contributed by atoms with Gasteiger partial charge in [0.25, 0.3) is 0 Å². The van der Waals surface area contributed by atoms with Gasteiger partial charge >= 0.3 is 0 Å². The van der Waals surface area contributed by atoms with Gasteiger partial charge in [0.05, 0.1) is 6.07 Å². The zero-order chi connectivity index (χ0) is 13.7. The second-order valence-electron chi connectivity index (χ2n) is 5.12. The molecule has 19 heavy (non-hydrogen) atoms. The predicted octanol–water partition coefficient (Wildman–Crippen LogP) is 2.78. The number of nitrogens with one attached hydrogen (secondary N) is 1. The minimum atomic E-state index is -0.262. The number of piperidine rings is 1. The van der Waals surface area contributed by atoms with Crippen LogP contribution in [0.15, 0.2) is 24.3 Å². The Bertz CT molecular complexity index is 475. The summed E-state index contributed by atoms with van der Waals surface area (Å²) in [5.74, 6) is 0.477. The standard InChI is InChI=1S/C15H19N3O/c1-12-3-2-10-18(11-12)14-6-4-13(5-7-14)17-15(19)8-9-16/h4-7,12H,2-3,8,10-11H2,1H3,(H,17,19). The van der Waals surface area contributed by atoms with Gasteiger partial charge in [-0.1, -0.05) is 6.92 Å². The average Bonchev–Trinajstić information content (AvgIpc) is 2.40. The molecule has 0 bridgehead atoms. The summed E-state index contributed by atoms with van der Waals surface area (Å²) >= 11 is 0. The first-order chi connectivity index (χ1) is 9.19. The number of rotatable bonds is 3. The SMILES string of the molecule is CC1CCCN(c2ccc(NC(=O)CC#N)cc2)C1. The lowest BCUT2D eigenvalue weighted by Gasteiger charge is -2.32. The number of hydrogen-bond acceptors (Lipinski definition) is 3. The van der Waals surface area contributed by atoms with E-state index in [1.165, 1.54) is 18.5 Å². The molecule has 1 aliphatic heterocycles. The Labute approximate surface area is 114 Å². The van der Waals surface area contributed by atoms with Crippen molar-refractivity contribution >= 4 is 17.3 Å². The van der Waals surface area contributed by atoms with Crippen molar-refractivity contribution in [1.29, 1.82) is 5.26 Å². The monoisotopic (exact) mass is 257 g/mol. The topological polar surface area (TPSA) is 56.1 Å². The molecule has 1 unspecified atom stereocenters. The fraction of sp³-hybridized carbons (Fsp3) is 0.467. The molecule has 1 fully saturated rings. The molecule has 0 radical (unpaired) electrons. The summed E-state index contributed by atoms with van der Waals surface area (Å²) in [6.45, 7) is 4.48. The quantitative estimate of drug-likeness (QED) is 0.905. The predicted molar refractivity (Wildman–Crippen MR) is 75.9 cm³/mol. The summed E-state index contributed by atoms with van der Waals surface area (Å²) in [6.07, 6.45) is 2.44. The molecule has 1 heterocycles. The number of hydrogen-bond donors (Lipinski definition) is 1. The van der Waals surface area contributed by atoms with Crippen LogP contribution in [0.3, 0.4) is 0 Å². The Morgan fingerprint density at radius 1 is 1.47 bits per heavy atom. The lowest BCUT2D eigenvalue weighted by Crippen LogP contribution is -2.34. The largest absolute Gasteiger partial charge is 0.371 e. The Kier molecular flexibility index (Phi) is 4.40. The van der Waals surface area contributed by atoms with Gasteiger partial charge < -0.3 is 10.2 Å². The van der Waals surface area contributed by atoms with Gasteiger partial charge in [-0.2, -0.15) is 5.26 Å². The van der Waals surface area contributed by atoms with Gasteiger partial charge in [-0.15, -0.1) is 0 Å². The summed E-state index contributed by atoms with van der Waals surface area (Å²) in [6, 6.07) is 9.68. The van der Waals surface area contributed by atoms with Gasteiger partial charge in [-0.05, 0) is 43.0 Å². The summed E-state index contributed by atoms with van der Waals surface area (Å²) in [5.41, 5.74) is 1.94.